The minimum atomic E-state index is 0.0598. The zero-order chi connectivity index (χ0) is 15.7. The van der Waals surface area contributed by atoms with Gasteiger partial charge in [-0.05, 0) is 56.2 Å². The lowest BCUT2D eigenvalue weighted by Crippen LogP contribution is -2.40. The highest BCUT2D eigenvalue weighted by Gasteiger charge is 2.34. The topological polar surface area (TPSA) is 32.3 Å². The number of nitrogens with one attached hydrogen (secondary N) is 1. The highest BCUT2D eigenvalue weighted by atomic mass is 35.5. The average molecular weight is 321 g/mol. The van der Waals surface area contributed by atoms with E-state index in [1.807, 2.05) is 36.2 Å². The number of halogens is 1. The largest absolute Gasteiger partial charge is 0.339 e. The first-order chi connectivity index (χ1) is 10.5. The molecule has 0 saturated carbocycles. The summed E-state index contributed by atoms with van der Waals surface area (Å²) in [7, 11) is 1.91. The van der Waals surface area contributed by atoms with Gasteiger partial charge < -0.3 is 10.2 Å². The van der Waals surface area contributed by atoms with Crippen LogP contribution in [0.4, 0.5) is 0 Å². The van der Waals surface area contributed by atoms with Crippen molar-refractivity contribution in [1.29, 1.82) is 0 Å². The molecule has 3 rings (SSSR count). The molecule has 2 fully saturated rings. The maximum Gasteiger partial charge on any atom is 0.223 e. The fourth-order valence-corrected chi connectivity index (χ4v) is 4.14. The van der Waals surface area contributed by atoms with E-state index >= 15 is 0 Å². The van der Waals surface area contributed by atoms with Crippen LogP contribution in [0.3, 0.4) is 0 Å². The van der Waals surface area contributed by atoms with Gasteiger partial charge in [-0.3, -0.25) is 4.79 Å². The van der Waals surface area contributed by atoms with Crippen LogP contribution in [0, 0.1) is 5.92 Å². The van der Waals surface area contributed by atoms with E-state index < -0.39 is 0 Å². The number of rotatable bonds is 4. The maximum atomic E-state index is 12.6. The third kappa shape index (κ3) is 3.47. The third-order valence-electron chi connectivity index (χ3n) is 5.34. The van der Waals surface area contributed by atoms with Crippen molar-refractivity contribution in [3.63, 3.8) is 0 Å². The molecular formula is C18H25ClN2O. The second kappa shape index (κ2) is 6.59. The van der Waals surface area contributed by atoms with Crippen molar-refractivity contribution in [1.82, 2.24) is 10.2 Å². The molecule has 0 aliphatic carbocycles. The van der Waals surface area contributed by atoms with Crippen LogP contribution in [0.5, 0.6) is 0 Å². The second-order valence-electron chi connectivity index (χ2n) is 6.92. The third-order valence-corrected chi connectivity index (χ3v) is 5.57. The summed E-state index contributed by atoms with van der Waals surface area (Å²) in [6.45, 7) is 2.07. The highest BCUT2D eigenvalue weighted by Crippen LogP contribution is 2.33. The van der Waals surface area contributed by atoms with E-state index in [0.29, 0.717) is 24.4 Å². The molecule has 1 N–H and O–H groups in total. The van der Waals surface area contributed by atoms with Crippen LogP contribution < -0.4 is 5.32 Å². The summed E-state index contributed by atoms with van der Waals surface area (Å²) in [6, 6.07) is 9.14. The molecule has 22 heavy (non-hydrogen) atoms. The zero-order valence-electron chi connectivity index (χ0n) is 13.4. The molecule has 0 spiro atoms. The molecule has 2 aliphatic heterocycles. The Morgan fingerprint density at radius 3 is 2.68 bits per heavy atom. The normalized spacial score (nSPS) is 28.4. The van der Waals surface area contributed by atoms with E-state index in [9.17, 15) is 4.79 Å². The fourth-order valence-electron chi connectivity index (χ4n) is 3.94. The van der Waals surface area contributed by atoms with Gasteiger partial charge in [-0.25, -0.2) is 0 Å². The van der Waals surface area contributed by atoms with Gasteiger partial charge in [-0.15, -0.1) is 0 Å². The van der Waals surface area contributed by atoms with Crippen LogP contribution in [0.2, 0.25) is 5.02 Å². The van der Waals surface area contributed by atoms with Crippen molar-refractivity contribution >= 4 is 17.5 Å². The van der Waals surface area contributed by atoms with Gasteiger partial charge in [0.2, 0.25) is 5.91 Å². The zero-order valence-corrected chi connectivity index (χ0v) is 14.1. The van der Waals surface area contributed by atoms with Crippen molar-refractivity contribution in [3.05, 3.63) is 34.9 Å². The Morgan fingerprint density at radius 2 is 2.05 bits per heavy atom. The number of carbonyl (C=O) groups is 1. The van der Waals surface area contributed by atoms with Crippen LogP contribution >= 0.6 is 11.6 Å². The number of piperidine rings is 1. The van der Waals surface area contributed by atoms with Crippen molar-refractivity contribution in [2.75, 3.05) is 7.05 Å². The first kappa shape index (κ1) is 15.8. The molecule has 1 aromatic carbocycles. The molecule has 1 amide bonds. The molecule has 1 aromatic rings. The summed E-state index contributed by atoms with van der Waals surface area (Å²) < 4.78 is 0. The van der Waals surface area contributed by atoms with Gasteiger partial charge in [-0.1, -0.05) is 23.7 Å². The quantitative estimate of drug-likeness (QED) is 0.915. The Balaban J connectivity index is 1.59. The molecule has 3 atom stereocenters. The molecule has 2 saturated heterocycles. The number of amides is 1. The lowest BCUT2D eigenvalue weighted by Gasteiger charge is -2.31. The lowest BCUT2D eigenvalue weighted by atomic mass is 9.89. The standard InChI is InChI=1S/C18H25ClN2O/c1-12(14-4-3-5-15(19)11-14)21(2)18(22)10-13-8-16-6-7-17(9-13)20-16/h3-5,11-13,16-17,20H,6-10H2,1-2H3. The SMILES string of the molecule is CC(c1cccc(Cl)c1)N(C)C(=O)CC1CC2CCC(C1)N2. The van der Waals surface area contributed by atoms with Gasteiger partial charge in [0.15, 0.2) is 0 Å². The summed E-state index contributed by atoms with van der Waals surface area (Å²) in [5, 5.41) is 4.36. The smallest absolute Gasteiger partial charge is 0.223 e. The van der Waals surface area contributed by atoms with Crippen LogP contribution in [-0.4, -0.2) is 29.9 Å². The van der Waals surface area contributed by atoms with Crippen LogP contribution in [0.15, 0.2) is 24.3 Å². The van der Waals surface area contributed by atoms with Gasteiger partial charge in [-0.2, -0.15) is 0 Å². The summed E-state index contributed by atoms with van der Waals surface area (Å²) in [5.74, 6) is 0.791. The van der Waals surface area contributed by atoms with E-state index in [1.54, 1.807) is 0 Å². The molecule has 0 radical (unpaired) electrons. The van der Waals surface area contributed by atoms with Gasteiger partial charge in [0.25, 0.3) is 0 Å². The van der Waals surface area contributed by atoms with Gasteiger partial charge in [0, 0.05) is 30.6 Å². The molecule has 2 aliphatic rings. The van der Waals surface area contributed by atoms with Crippen LogP contribution in [-0.2, 0) is 4.79 Å². The van der Waals surface area contributed by atoms with Crippen LogP contribution in [0.1, 0.15) is 50.6 Å². The predicted molar refractivity (Wildman–Crippen MR) is 89.9 cm³/mol. The maximum absolute atomic E-state index is 12.6. The molecule has 120 valence electrons. The number of benzene rings is 1. The number of hydrogen-bond donors (Lipinski definition) is 1. The number of carbonyl (C=O) groups excluding carboxylic acids is 1. The minimum Gasteiger partial charge on any atom is -0.339 e. The average Bonchev–Trinajstić information content (AvgIpc) is 2.84. The number of nitrogens with zero attached hydrogens (tertiary/aromatic N) is 1. The predicted octanol–water partition coefficient (Wildman–Crippen LogP) is 3.78. The van der Waals surface area contributed by atoms with E-state index in [4.69, 9.17) is 11.6 Å². The molecule has 4 heteroatoms. The van der Waals surface area contributed by atoms with Gasteiger partial charge >= 0.3 is 0 Å². The van der Waals surface area contributed by atoms with Crippen molar-refractivity contribution in [2.45, 2.75) is 57.2 Å². The van der Waals surface area contributed by atoms with E-state index in [-0.39, 0.29) is 11.9 Å². The van der Waals surface area contributed by atoms with Crippen molar-refractivity contribution in [2.24, 2.45) is 5.92 Å². The van der Waals surface area contributed by atoms with E-state index in [0.717, 1.165) is 23.4 Å². The number of hydrogen-bond acceptors (Lipinski definition) is 2. The fraction of sp³-hybridized carbons (Fsp3) is 0.611. The molecule has 3 nitrogen and oxygen atoms in total. The molecular weight excluding hydrogens is 296 g/mol. The monoisotopic (exact) mass is 320 g/mol. The Kier molecular flexibility index (Phi) is 4.74. The summed E-state index contributed by atoms with van der Waals surface area (Å²) in [6.07, 6.45) is 5.55. The Bertz CT molecular complexity index is 536. The van der Waals surface area contributed by atoms with E-state index in [2.05, 4.69) is 12.2 Å². The van der Waals surface area contributed by atoms with Crippen molar-refractivity contribution in [3.8, 4) is 0 Å². The second-order valence-corrected chi connectivity index (χ2v) is 7.35. The Labute approximate surface area is 138 Å². The lowest BCUT2D eigenvalue weighted by molar-refractivity contribution is -0.133. The number of fused-ring (bicyclic) bond motifs is 2. The Hall–Kier alpha value is -1.06. The summed E-state index contributed by atoms with van der Waals surface area (Å²) in [5.41, 5.74) is 1.09. The molecule has 0 aromatic heterocycles. The van der Waals surface area contributed by atoms with E-state index in [1.165, 1.54) is 12.8 Å². The molecule has 2 heterocycles. The van der Waals surface area contributed by atoms with Crippen LogP contribution in [0.25, 0.3) is 0 Å². The van der Waals surface area contributed by atoms with Gasteiger partial charge in [0.1, 0.15) is 0 Å². The first-order valence-electron chi connectivity index (χ1n) is 8.30. The van der Waals surface area contributed by atoms with Crippen molar-refractivity contribution < 1.29 is 4.79 Å². The minimum absolute atomic E-state index is 0.0598. The Morgan fingerprint density at radius 1 is 1.36 bits per heavy atom. The molecule has 3 unspecified atom stereocenters. The highest BCUT2D eigenvalue weighted by molar-refractivity contribution is 6.30. The van der Waals surface area contributed by atoms with Gasteiger partial charge in [0.05, 0.1) is 6.04 Å². The summed E-state index contributed by atoms with van der Waals surface area (Å²) in [4.78, 5) is 14.5. The first-order valence-corrected chi connectivity index (χ1v) is 8.68. The summed E-state index contributed by atoms with van der Waals surface area (Å²) >= 11 is 6.06. The molecule has 2 bridgehead atoms.